The zero-order valence-electron chi connectivity index (χ0n) is 3.69. The SMILES string of the molecule is CC#CCON. The fourth-order valence-electron chi connectivity index (χ4n) is 0.114. The van der Waals surface area contributed by atoms with E-state index >= 15 is 0 Å². The average molecular weight is 85.1 g/mol. The maximum absolute atomic E-state index is 4.61. The Balaban J connectivity index is 2.79. The molecule has 0 aliphatic rings. The molecule has 0 heterocycles. The van der Waals surface area contributed by atoms with Crippen molar-refractivity contribution >= 4 is 0 Å². The van der Waals surface area contributed by atoms with Gasteiger partial charge in [0.2, 0.25) is 0 Å². The standard InChI is InChI=1S/C4H7NO/c1-2-3-4-6-5/h4-5H2,1H3. The van der Waals surface area contributed by atoms with Gasteiger partial charge in [-0.25, -0.2) is 5.90 Å². The molecule has 2 nitrogen and oxygen atoms in total. The molecule has 0 unspecified atom stereocenters. The van der Waals surface area contributed by atoms with Gasteiger partial charge in [0.15, 0.2) is 0 Å². The van der Waals surface area contributed by atoms with Crippen LogP contribution in [0.15, 0.2) is 0 Å². The predicted octanol–water partition coefficient (Wildman–Crippen LogP) is -0.100. The first-order valence-corrected chi connectivity index (χ1v) is 1.63. The van der Waals surface area contributed by atoms with Crippen LogP contribution < -0.4 is 5.90 Å². The van der Waals surface area contributed by atoms with Crippen LogP contribution in [0.1, 0.15) is 6.92 Å². The van der Waals surface area contributed by atoms with Gasteiger partial charge < -0.3 is 0 Å². The Morgan fingerprint density at radius 3 is 2.67 bits per heavy atom. The third-order valence-corrected chi connectivity index (χ3v) is 0.332. The second kappa shape index (κ2) is 4.48. The highest BCUT2D eigenvalue weighted by molar-refractivity contribution is 4.94. The van der Waals surface area contributed by atoms with E-state index in [1.807, 2.05) is 0 Å². The van der Waals surface area contributed by atoms with Crippen LogP contribution in [0.4, 0.5) is 0 Å². The average Bonchev–Trinajstić information content (AvgIpc) is 1.61. The fourth-order valence-corrected chi connectivity index (χ4v) is 0.114. The fraction of sp³-hybridized carbons (Fsp3) is 0.500. The minimum absolute atomic E-state index is 0.330. The minimum atomic E-state index is 0.330. The summed E-state index contributed by atoms with van der Waals surface area (Å²) in [5.41, 5.74) is 0. The molecular weight excluding hydrogens is 78.0 g/mol. The van der Waals surface area contributed by atoms with Gasteiger partial charge in [0.1, 0.15) is 6.61 Å². The molecule has 0 rings (SSSR count). The summed E-state index contributed by atoms with van der Waals surface area (Å²) in [6.07, 6.45) is 0. The third-order valence-electron chi connectivity index (χ3n) is 0.332. The molecule has 0 aromatic heterocycles. The number of hydrogen-bond acceptors (Lipinski definition) is 2. The molecule has 34 valence electrons. The Hall–Kier alpha value is -0.520. The molecule has 0 fully saturated rings. The van der Waals surface area contributed by atoms with E-state index in [0.717, 1.165) is 0 Å². The topological polar surface area (TPSA) is 35.2 Å². The van der Waals surface area contributed by atoms with Crippen molar-refractivity contribution in [3.8, 4) is 11.8 Å². The lowest BCUT2D eigenvalue weighted by Gasteiger charge is -1.77. The molecule has 0 amide bonds. The highest BCUT2D eigenvalue weighted by Gasteiger charge is 1.61. The van der Waals surface area contributed by atoms with Crippen LogP contribution in [0.2, 0.25) is 0 Å². The van der Waals surface area contributed by atoms with E-state index in [4.69, 9.17) is 0 Å². The quantitative estimate of drug-likeness (QED) is 0.356. The number of nitrogens with two attached hydrogens (primary N) is 1. The molecule has 0 saturated carbocycles. The van der Waals surface area contributed by atoms with Crippen molar-refractivity contribution in [3.63, 3.8) is 0 Å². The van der Waals surface area contributed by atoms with Crippen LogP contribution in [-0.4, -0.2) is 6.61 Å². The molecule has 2 heteroatoms. The second-order valence-corrected chi connectivity index (χ2v) is 0.738. The second-order valence-electron chi connectivity index (χ2n) is 0.738. The normalized spacial score (nSPS) is 6.33. The molecule has 6 heavy (non-hydrogen) atoms. The molecule has 0 saturated heterocycles. The van der Waals surface area contributed by atoms with Crippen molar-refractivity contribution in [3.05, 3.63) is 0 Å². The predicted molar refractivity (Wildman–Crippen MR) is 23.6 cm³/mol. The summed E-state index contributed by atoms with van der Waals surface area (Å²) in [6.45, 7) is 2.06. The lowest BCUT2D eigenvalue weighted by atomic mass is 10.6. The summed E-state index contributed by atoms with van der Waals surface area (Å²) < 4.78 is 0. The molecule has 0 spiro atoms. The first-order valence-electron chi connectivity index (χ1n) is 1.63. The molecule has 0 bridgehead atoms. The molecule has 0 atom stereocenters. The lowest BCUT2D eigenvalue weighted by molar-refractivity contribution is 0.173. The van der Waals surface area contributed by atoms with Crippen molar-refractivity contribution in [1.82, 2.24) is 0 Å². The van der Waals surface area contributed by atoms with Gasteiger partial charge in [-0.05, 0) is 6.92 Å². The van der Waals surface area contributed by atoms with E-state index in [9.17, 15) is 0 Å². The molecule has 0 aromatic carbocycles. The van der Waals surface area contributed by atoms with Crippen molar-refractivity contribution in [1.29, 1.82) is 0 Å². The maximum Gasteiger partial charge on any atom is 0.128 e. The van der Waals surface area contributed by atoms with E-state index in [0.29, 0.717) is 6.61 Å². The Kier molecular flexibility index (Phi) is 4.09. The molecule has 0 aromatic rings. The molecule has 0 aliphatic heterocycles. The van der Waals surface area contributed by atoms with Crippen molar-refractivity contribution < 1.29 is 4.84 Å². The maximum atomic E-state index is 4.61. The smallest absolute Gasteiger partial charge is 0.128 e. The van der Waals surface area contributed by atoms with Gasteiger partial charge in [0.25, 0.3) is 0 Å². The van der Waals surface area contributed by atoms with Crippen LogP contribution in [0.3, 0.4) is 0 Å². The Morgan fingerprint density at radius 2 is 2.50 bits per heavy atom. The largest absolute Gasteiger partial charge is 0.292 e. The van der Waals surface area contributed by atoms with Gasteiger partial charge in [-0.3, -0.25) is 4.84 Å². The summed E-state index contributed by atoms with van der Waals surface area (Å²) in [6, 6.07) is 0. The van der Waals surface area contributed by atoms with E-state index in [1.54, 1.807) is 6.92 Å². The van der Waals surface area contributed by atoms with Gasteiger partial charge in [0.05, 0.1) is 0 Å². The summed E-state index contributed by atoms with van der Waals surface area (Å²) in [4.78, 5) is 4.11. The van der Waals surface area contributed by atoms with E-state index < -0.39 is 0 Å². The van der Waals surface area contributed by atoms with Gasteiger partial charge in [-0.2, -0.15) is 0 Å². The van der Waals surface area contributed by atoms with Gasteiger partial charge in [-0.1, -0.05) is 5.92 Å². The van der Waals surface area contributed by atoms with E-state index in [2.05, 4.69) is 22.6 Å². The van der Waals surface area contributed by atoms with Gasteiger partial charge in [-0.15, -0.1) is 5.92 Å². The highest BCUT2D eigenvalue weighted by Crippen LogP contribution is 1.53. The third kappa shape index (κ3) is 3.48. The van der Waals surface area contributed by atoms with Crippen molar-refractivity contribution in [2.24, 2.45) is 5.90 Å². The number of hydrogen-bond donors (Lipinski definition) is 1. The van der Waals surface area contributed by atoms with Crippen LogP contribution in [0.5, 0.6) is 0 Å². The van der Waals surface area contributed by atoms with Crippen LogP contribution in [0, 0.1) is 11.8 Å². The molecular formula is C4H7NO. The zero-order valence-corrected chi connectivity index (χ0v) is 3.69. The first kappa shape index (κ1) is 5.48. The summed E-state index contributed by atoms with van der Waals surface area (Å²) in [5, 5.41) is 0. The van der Waals surface area contributed by atoms with Crippen LogP contribution in [-0.2, 0) is 4.84 Å². The van der Waals surface area contributed by atoms with E-state index in [1.165, 1.54) is 0 Å². The first-order chi connectivity index (χ1) is 2.91. The van der Waals surface area contributed by atoms with Crippen LogP contribution in [0.25, 0.3) is 0 Å². The number of rotatable bonds is 1. The summed E-state index contributed by atoms with van der Waals surface area (Å²) in [5.74, 6) is 9.83. The Morgan fingerprint density at radius 1 is 1.83 bits per heavy atom. The molecule has 0 radical (unpaired) electrons. The Bertz CT molecular complexity index is 69.4. The zero-order chi connectivity index (χ0) is 4.83. The molecule has 2 N–H and O–H groups in total. The molecule has 0 aliphatic carbocycles. The monoisotopic (exact) mass is 85.1 g/mol. The minimum Gasteiger partial charge on any atom is -0.292 e. The van der Waals surface area contributed by atoms with Crippen LogP contribution >= 0.6 is 0 Å². The Labute approximate surface area is 37.2 Å². The van der Waals surface area contributed by atoms with E-state index in [-0.39, 0.29) is 0 Å². The van der Waals surface area contributed by atoms with Gasteiger partial charge in [0, 0.05) is 0 Å². The summed E-state index contributed by atoms with van der Waals surface area (Å²) in [7, 11) is 0. The lowest BCUT2D eigenvalue weighted by Crippen LogP contribution is -1.97. The van der Waals surface area contributed by atoms with Gasteiger partial charge >= 0.3 is 0 Å². The highest BCUT2D eigenvalue weighted by atomic mass is 16.6. The van der Waals surface area contributed by atoms with Crippen molar-refractivity contribution in [2.45, 2.75) is 6.92 Å². The summed E-state index contributed by atoms with van der Waals surface area (Å²) >= 11 is 0. The van der Waals surface area contributed by atoms with Crippen molar-refractivity contribution in [2.75, 3.05) is 6.61 Å².